The molecule has 0 N–H and O–H groups in total. The highest BCUT2D eigenvalue weighted by Gasteiger charge is 2.36. The number of ether oxygens (including phenoxy) is 1. The molecule has 0 radical (unpaired) electrons. The number of fused-ring (bicyclic) bond motifs is 1. The van der Waals surface area contributed by atoms with Crippen LogP contribution in [-0.4, -0.2) is 54.0 Å². The smallest absolute Gasteiger partial charge is 0.179 e. The van der Waals surface area contributed by atoms with E-state index in [1.165, 1.54) is 5.56 Å². The molecule has 0 unspecified atom stereocenters. The van der Waals surface area contributed by atoms with E-state index in [1.807, 2.05) is 21.5 Å². The summed E-state index contributed by atoms with van der Waals surface area (Å²) in [7, 11) is 1.77. The van der Waals surface area contributed by atoms with E-state index >= 15 is 0 Å². The number of methoxy groups -OCH3 is 1. The quantitative estimate of drug-likeness (QED) is 0.705. The second kappa shape index (κ2) is 6.53. The first kappa shape index (κ1) is 16.2. The number of likely N-dealkylation sites (tertiary alicyclic amines) is 1. The van der Waals surface area contributed by atoms with Crippen LogP contribution < -0.4 is 0 Å². The van der Waals surface area contributed by atoms with Crippen LogP contribution in [0.1, 0.15) is 43.7 Å². The Balaban J connectivity index is 1.62. The van der Waals surface area contributed by atoms with Crippen LogP contribution in [-0.2, 0) is 11.3 Å². The molecule has 3 aromatic rings. The zero-order valence-electron chi connectivity index (χ0n) is 14.8. The lowest BCUT2D eigenvalue weighted by Crippen LogP contribution is -2.25. The Bertz CT molecular complexity index is 855. The molecule has 0 aliphatic carbocycles. The molecule has 8 heteroatoms. The van der Waals surface area contributed by atoms with Gasteiger partial charge in [0.25, 0.3) is 0 Å². The Morgan fingerprint density at radius 3 is 2.92 bits per heavy atom. The molecule has 0 aromatic carbocycles. The van der Waals surface area contributed by atoms with Crippen molar-refractivity contribution in [3.63, 3.8) is 0 Å². The van der Waals surface area contributed by atoms with Crippen molar-refractivity contribution in [2.24, 2.45) is 0 Å². The summed E-state index contributed by atoms with van der Waals surface area (Å²) in [5.74, 6) is 0.938. The number of hydrogen-bond acceptors (Lipinski definition) is 6. The average Bonchev–Trinajstić information content (AvgIpc) is 3.32. The van der Waals surface area contributed by atoms with E-state index in [4.69, 9.17) is 4.74 Å². The summed E-state index contributed by atoms with van der Waals surface area (Å²) < 4.78 is 9.64. The van der Waals surface area contributed by atoms with Gasteiger partial charge in [0.05, 0.1) is 24.5 Å². The van der Waals surface area contributed by atoms with Crippen molar-refractivity contribution in [2.75, 3.05) is 13.7 Å². The van der Waals surface area contributed by atoms with Crippen LogP contribution in [0.4, 0.5) is 0 Å². The van der Waals surface area contributed by atoms with Gasteiger partial charge in [-0.25, -0.2) is 0 Å². The summed E-state index contributed by atoms with van der Waals surface area (Å²) in [6.07, 6.45) is 10.6. The number of hydrogen-bond donors (Lipinski definition) is 0. The van der Waals surface area contributed by atoms with Gasteiger partial charge in [-0.15, -0.1) is 10.2 Å². The number of nitrogens with zero attached hydrogens (tertiary/aromatic N) is 7. The maximum absolute atomic E-state index is 5.63. The van der Waals surface area contributed by atoms with Crippen molar-refractivity contribution in [1.29, 1.82) is 0 Å². The highest BCUT2D eigenvalue weighted by atomic mass is 16.5. The minimum Gasteiger partial charge on any atom is -0.380 e. The van der Waals surface area contributed by atoms with E-state index in [9.17, 15) is 0 Å². The molecule has 0 amide bonds. The molecule has 4 rings (SSSR count). The minimum absolute atomic E-state index is 0.157. The molecule has 1 aliphatic rings. The Kier molecular flexibility index (Phi) is 4.22. The largest absolute Gasteiger partial charge is 0.380 e. The average molecular weight is 341 g/mol. The molecule has 0 saturated carbocycles. The summed E-state index contributed by atoms with van der Waals surface area (Å²) >= 11 is 0. The molecule has 4 heterocycles. The van der Waals surface area contributed by atoms with Gasteiger partial charge in [0, 0.05) is 50.4 Å². The lowest BCUT2D eigenvalue weighted by Gasteiger charge is -2.22. The monoisotopic (exact) mass is 341 g/mol. The summed E-state index contributed by atoms with van der Waals surface area (Å²) in [4.78, 5) is 6.51. The van der Waals surface area contributed by atoms with Crippen molar-refractivity contribution in [3.8, 4) is 0 Å². The van der Waals surface area contributed by atoms with Crippen LogP contribution in [0.25, 0.3) is 5.65 Å². The maximum Gasteiger partial charge on any atom is 0.179 e. The second-order valence-corrected chi connectivity index (χ2v) is 6.82. The van der Waals surface area contributed by atoms with Crippen molar-refractivity contribution >= 4 is 5.65 Å². The van der Waals surface area contributed by atoms with Crippen LogP contribution >= 0.6 is 0 Å². The first-order chi connectivity index (χ1) is 12.2. The fraction of sp³-hybridized carbons (Fsp3) is 0.529. The van der Waals surface area contributed by atoms with Gasteiger partial charge in [0.1, 0.15) is 0 Å². The van der Waals surface area contributed by atoms with Gasteiger partial charge >= 0.3 is 0 Å². The zero-order valence-corrected chi connectivity index (χ0v) is 14.8. The predicted molar refractivity (Wildman–Crippen MR) is 92.0 cm³/mol. The van der Waals surface area contributed by atoms with Crippen LogP contribution in [0.5, 0.6) is 0 Å². The van der Waals surface area contributed by atoms with Gasteiger partial charge in [0.2, 0.25) is 0 Å². The van der Waals surface area contributed by atoms with Gasteiger partial charge in [0.15, 0.2) is 11.5 Å². The van der Waals surface area contributed by atoms with Crippen LogP contribution in [0, 0.1) is 0 Å². The molecule has 0 bridgehead atoms. The van der Waals surface area contributed by atoms with Gasteiger partial charge < -0.3 is 4.74 Å². The molecule has 0 spiro atoms. The van der Waals surface area contributed by atoms with Crippen LogP contribution in [0.15, 0.2) is 31.0 Å². The SMILES string of the molecule is CO[C@@H]1C[C@@H](c2nnc3cnccn23)N(Cc2cnn(C(C)C)c2)C1. The van der Waals surface area contributed by atoms with Gasteiger partial charge in [-0.1, -0.05) is 0 Å². The first-order valence-corrected chi connectivity index (χ1v) is 8.60. The van der Waals surface area contributed by atoms with Gasteiger partial charge in [-0.2, -0.15) is 5.10 Å². The Hall–Kier alpha value is -2.32. The standard InChI is InChI=1S/C17H23N7O/c1-12(2)24-10-13(7-19-24)9-22-11-14(25-3)6-15(22)17-21-20-16-8-18-4-5-23(16)17/h4-5,7-8,10,12,14-15H,6,9,11H2,1-3H3/t14-,15+/m1/s1. The van der Waals surface area contributed by atoms with E-state index in [0.29, 0.717) is 6.04 Å². The van der Waals surface area contributed by atoms with Gasteiger partial charge in [-0.05, 0) is 20.3 Å². The van der Waals surface area contributed by atoms with Crippen LogP contribution in [0.3, 0.4) is 0 Å². The predicted octanol–water partition coefficient (Wildman–Crippen LogP) is 1.86. The van der Waals surface area contributed by atoms with E-state index in [-0.39, 0.29) is 12.1 Å². The Morgan fingerprint density at radius 2 is 2.16 bits per heavy atom. The third kappa shape index (κ3) is 3.03. The zero-order chi connectivity index (χ0) is 17.4. The molecule has 25 heavy (non-hydrogen) atoms. The molecule has 8 nitrogen and oxygen atoms in total. The molecular weight excluding hydrogens is 318 g/mol. The Morgan fingerprint density at radius 1 is 1.28 bits per heavy atom. The normalized spacial score (nSPS) is 21.6. The summed E-state index contributed by atoms with van der Waals surface area (Å²) in [5.41, 5.74) is 1.97. The van der Waals surface area contributed by atoms with E-state index < -0.39 is 0 Å². The van der Waals surface area contributed by atoms with Crippen molar-refractivity contribution in [3.05, 3.63) is 42.4 Å². The fourth-order valence-electron chi connectivity index (χ4n) is 3.45. The maximum atomic E-state index is 5.63. The number of aromatic nitrogens is 6. The fourth-order valence-corrected chi connectivity index (χ4v) is 3.45. The summed E-state index contributed by atoms with van der Waals surface area (Å²) in [6.45, 7) is 5.95. The van der Waals surface area contributed by atoms with Crippen molar-refractivity contribution in [2.45, 2.75) is 45.0 Å². The summed E-state index contributed by atoms with van der Waals surface area (Å²) in [5, 5.41) is 13.1. The van der Waals surface area contributed by atoms with Crippen molar-refractivity contribution < 1.29 is 4.74 Å². The molecule has 132 valence electrons. The molecular formula is C17H23N7O. The summed E-state index contributed by atoms with van der Waals surface area (Å²) in [6, 6.07) is 0.521. The lowest BCUT2D eigenvalue weighted by atomic mass is 10.2. The highest BCUT2D eigenvalue weighted by molar-refractivity contribution is 5.34. The lowest BCUT2D eigenvalue weighted by molar-refractivity contribution is 0.107. The van der Waals surface area contributed by atoms with Crippen LogP contribution in [0.2, 0.25) is 0 Å². The molecule has 2 atom stereocenters. The molecule has 3 aromatic heterocycles. The van der Waals surface area contributed by atoms with E-state index in [1.54, 1.807) is 19.5 Å². The van der Waals surface area contributed by atoms with E-state index in [2.05, 4.69) is 45.2 Å². The molecule has 1 saturated heterocycles. The van der Waals surface area contributed by atoms with Crippen molar-refractivity contribution in [1.82, 2.24) is 34.3 Å². The highest BCUT2D eigenvalue weighted by Crippen LogP contribution is 2.33. The second-order valence-electron chi connectivity index (χ2n) is 6.82. The van der Waals surface area contributed by atoms with E-state index in [0.717, 1.165) is 31.0 Å². The third-order valence-electron chi connectivity index (χ3n) is 4.81. The number of rotatable bonds is 5. The topological polar surface area (TPSA) is 73.4 Å². The molecule has 1 aliphatic heterocycles. The van der Waals surface area contributed by atoms with Gasteiger partial charge in [-0.3, -0.25) is 19.0 Å². The molecule has 1 fully saturated rings. The minimum atomic E-state index is 0.157. The first-order valence-electron chi connectivity index (χ1n) is 8.60. The Labute approximate surface area is 146 Å². The third-order valence-corrected chi connectivity index (χ3v) is 4.81.